The molecule has 6 nitrogen and oxygen atoms in total. The molecule has 2 heterocycles. The number of urea groups is 1. The average Bonchev–Trinajstić information content (AvgIpc) is 3.51. The average molecular weight is 411 g/mol. The van der Waals surface area contributed by atoms with Crippen molar-refractivity contribution in [2.75, 3.05) is 13.1 Å². The van der Waals surface area contributed by atoms with Crippen LogP contribution in [0.25, 0.3) is 0 Å². The van der Waals surface area contributed by atoms with Gasteiger partial charge in [0.2, 0.25) is 5.89 Å². The van der Waals surface area contributed by atoms with Crippen LogP contribution in [-0.2, 0) is 5.41 Å². The van der Waals surface area contributed by atoms with E-state index >= 15 is 0 Å². The van der Waals surface area contributed by atoms with Gasteiger partial charge in [-0.05, 0) is 81.8 Å². The number of hydrogen-bond donors (Lipinski definition) is 1. The molecular formula is C24H34N4O2. The van der Waals surface area contributed by atoms with Crippen molar-refractivity contribution in [3.8, 4) is 0 Å². The Bertz CT molecular complexity index is 843. The van der Waals surface area contributed by atoms with E-state index in [4.69, 9.17) is 4.52 Å². The summed E-state index contributed by atoms with van der Waals surface area (Å²) in [6.07, 6.45) is 17.1. The lowest BCUT2D eigenvalue weighted by atomic mass is 9.79. The molecule has 5 rings (SSSR count). The molecule has 3 aliphatic carbocycles. The first-order valence-corrected chi connectivity index (χ1v) is 11.9. The number of amides is 2. The van der Waals surface area contributed by atoms with Crippen molar-refractivity contribution in [1.82, 2.24) is 20.4 Å². The minimum Gasteiger partial charge on any atom is -0.339 e. The maximum Gasteiger partial charge on any atom is 0.317 e. The Morgan fingerprint density at radius 2 is 1.93 bits per heavy atom. The molecule has 1 saturated heterocycles. The summed E-state index contributed by atoms with van der Waals surface area (Å²) in [5.74, 6) is 2.11. The molecule has 0 spiro atoms. The first kappa shape index (κ1) is 19.8. The van der Waals surface area contributed by atoms with Crippen molar-refractivity contribution < 1.29 is 9.32 Å². The quantitative estimate of drug-likeness (QED) is 0.759. The fourth-order valence-electron chi connectivity index (χ4n) is 5.13. The number of rotatable bonds is 4. The van der Waals surface area contributed by atoms with Gasteiger partial charge in [0.05, 0.1) is 6.04 Å². The maximum atomic E-state index is 13.1. The SMILES string of the molecule is CC1(c2noc(C3CC3)n2)CCN(C(=O)NC2CCCC=C2C2=CCCCC2)CC1. The Balaban J connectivity index is 1.19. The monoisotopic (exact) mass is 410 g/mol. The molecule has 1 saturated carbocycles. The van der Waals surface area contributed by atoms with E-state index in [2.05, 4.69) is 34.5 Å². The molecule has 1 N–H and O–H groups in total. The first-order valence-electron chi connectivity index (χ1n) is 11.9. The fraction of sp³-hybridized carbons (Fsp3) is 0.708. The van der Waals surface area contributed by atoms with Crippen LogP contribution < -0.4 is 5.32 Å². The highest BCUT2D eigenvalue weighted by Gasteiger charge is 2.39. The summed E-state index contributed by atoms with van der Waals surface area (Å²) in [6.45, 7) is 3.69. The van der Waals surface area contributed by atoms with Crippen molar-refractivity contribution in [3.05, 3.63) is 35.0 Å². The minimum absolute atomic E-state index is 0.0815. The second-order valence-corrected chi connectivity index (χ2v) is 9.85. The number of piperidine rings is 1. The number of nitrogens with zero attached hydrogens (tertiary/aromatic N) is 3. The predicted octanol–water partition coefficient (Wildman–Crippen LogP) is 4.99. The Kier molecular flexibility index (Phi) is 5.42. The second kappa shape index (κ2) is 8.20. The second-order valence-electron chi connectivity index (χ2n) is 9.85. The number of carbonyl (C=O) groups excluding carboxylic acids is 1. The zero-order valence-electron chi connectivity index (χ0n) is 18.2. The highest BCUT2D eigenvalue weighted by molar-refractivity contribution is 5.75. The highest BCUT2D eigenvalue weighted by atomic mass is 16.5. The van der Waals surface area contributed by atoms with Gasteiger partial charge in [-0.3, -0.25) is 0 Å². The van der Waals surface area contributed by atoms with Gasteiger partial charge in [-0.15, -0.1) is 0 Å². The van der Waals surface area contributed by atoms with Crippen molar-refractivity contribution in [2.24, 2.45) is 0 Å². The normalized spacial score (nSPS) is 26.7. The summed E-state index contributed by atoms with van der Waals surface area (Å²) in [4.78, 5) is 19.7. The lowest BCUT2D eigenvalue weighted by Crippen LogP contribution is -2.51. The zero-order valence-corrected chi connectivity index (χ0v) is 18.2. The van der Waals surface area contributed by atoms with E-state index in [1.54, 1.807) is 0 Å². The number of aromatic nitrogens is 2. The van der Waals surface area contributed by atoms with Gasteiger partial charge < -0.3 is 14.7 Å². The smallest absolute Gasteiger partial charge is 0.317 e. The summed E-state index contributed by atoms with van der Waals surface area (Å²) in [5.41, 5.74) is 2.76. The molecule has 1 aliphatic heterocycles. The standard InChI is InChI=1S/C24H34N4O2/c1-24(22-26-21(30-27-22)18-11-12-18)13-15-28(16-14-24)23(29)25-20-10-6-5-9-19(20)17-7-3-2-4-8-17/h7,9,18,20H,2-6,8,10-16H2,1H3,(H,25,29). The molecule has 4 aliphatic rings. The van der Waals surface area contributed by atoms with Gasteiger partial charge in [-0.1, -0.05) is 24.2 Å². The van der Waals surface area contributed by atoms with Crippen molar-refractivity contribution in [2.45, 2.75) is 94.9 Å². The van der Waals surface area contributed by atoms with Gasteiger partial charge in [0, 0.05) is 24.4 Å². The maximum absolute atomic E-state index is 13.1. The third-order valence-electron chi connectivity index (χ3n) is 7.46. The van der Waals surface area contributed by atoms with Crippen LogP contribution in [0, 0.1) is 0 Å². The van der Waals surface area contributed by atoms with E-state index in [1.807, 2.05) is 4.90 Å². The van der Waals surface area contributed by atoms with E-state index in [0.717, 1.165) is 63.3 Å². The topological polar surface area (TPSA) is 71.3 Å². The van der Waals surface area contributed by atoms with Crippen LogP contribution in [-0.4, -0.2) is 40.2 Å². The Labute approximate surface area is 179 Å². The van der Waals surface area contributed by atoms with Crippen LogP contribution in [0.4, 0.5) is 4.79 Å². The molecule has 6 heteroatoms. The minimum atomic E-state index is -0.101. The van der Waals surface area contributed by atoms with Crippen LogP contribution in [0.1, 0.15) is 95.2 Å². The molecule has 162 valence electrons. The first-order chi connectivity index (χ1) is 14.6. The van der Waals surface area contributed by atoms with Gasteiger partial charge >= 0.3 is 6.03 Å². The van der Waals surface area contributed by atoms with Crippen molar-refractivity contribution in [1.29, 1.82) is 0 Å². The van der Waals surface area contributed by atoms with Crippen LogP contribution in [0.2, 0.25) is 0 Å². The summed E-state index contributed by atoms with van der Waals surface area (Å²) < 4.78 is 5.49. The molecule has 30 heavy (non-hydrogen) atoms. The van der Waals surface area contributed by atoms with E-state index in [-0.39, 0.29) is 17.5 Å². The van der Waals surface area contributed by atoms with Crippen molar-refractivity contribution in [3.63, 3.8) is 0 Å². The summed E-state index contributed by atoms with van der Waals surface area (Å²) in [7, 11) is 0. The van der Waals surface area contributed by atoms with E-state index in [1.165, 1.54) is 43.3 Å². The van der Waals surface area contributed by atoms with Gasteiger partial charge in [-0.2, -0.15) is 4.98 Å². The van der Waals surface area contributed by atoms with Crippen LogP contribution in [0.5, 0.6) is 0 Å². The third-order valence-corrected chi connectivity index (χ3v) is 7.46. The number of hydrogen-bond acceptors (Lipinski definition) is 4. The Morgan fingerprint density at radius 1 is 1.13 bits per heavy atom. The summed E-state index contributed by atoms with van der Waals surface area (Å²) >= 11 is 0. The fourth-order valence-corrected chi connectivity index (χ4v) is 5.13. The molecule has 1 atom stereocenters. The Hall–Kier alpha value is -2.11. The van der Waals surface area contributed by atoms with Gasteiger partial charge in [0.15, 0.2) is 5.82 Å². The lowest BCUT2D eigenvalue weighted by molar-refractivity contribution is 0.156. The molecule has 1 aromatic heterocycles. The number of allylic oxidation sites excluding steroid dienone is 2. The van der Waals surface area contributed by atoms with Gasteiger partial charge in [0.1, 0.15) is 0 Å². The largest absolute Gasteiger partial charge is 0.339 e. The lowest BCUT2D eigenvalue weighted by Gasteiger charge is -2.38. The van der Waals surface area contributed by atoms with E-state index < -0.39 is 0 Å². The molecule has 0 bridgehead atoms. The van der Waals surface area contributed by atoms with Crippen molar-refractivity contribution >= 4 is 6.03 Å². The van der Waals surface area contributed by atoms with Gasteiger partial charge in [0.25, 0.3) is 0 Å². The predicted molar refractivity (Wildman–Crippen MR) is 115 cm³/mol. The molecule has 0 aromatic carbocycles. The Morgan fingerprint density at radius 3 is 2.67 bits per heavy atom. The third kappa shape index (κ3) is 4.06. The summed E-state index contributed by atoms with van der Waals surface area (Å²) in [6, 6.07) is 0.250. The van der Waals surface area contributed by atoms with Crippen LogP contribution in [0.15, 0.2) is 27.8 Å². The van der Waals surface area contributed by atoms with E-state index in [0.29, 0.717) is 5.92 Å². The molecule has 2 amide bonds. The molecular weight excluding hydrogens is 376 g/mol. The van der Waals surface area contributed by atoms with Crippen LogP contribution in [0.3, 0.4) is 0 Å². The molecule has 0 radical (unpaired) electrons. The molecule has 2 fully saturated rings. The number of likely N-dealkylation sites (tertiary alicyclic amines) is 1. The highest BCUT2D eigenvalue weighted by Crippen LogP contribution is 2.41. The number of carbonyl (C=O) groups is 1. The van der Waals surface area contributed by atoms with Gasteiger partial charge in [-0.25, -0.2) is 4.79 Å². The molecule has 1 aromatic rings. The number of nitrogens with one attached hydrogen (secondary N) is 1. The zero-order chi connectivity index (χ0) is 20.6. The molecule has 1 unspecified atom stereocenters. The van der Waals surface area contributed by atoms with E-state index in [9.17, 15) is 4.79 Å². The summed E-state index contributed by atoms with van der Waals surface area (Å²) in [5, 5.41) is 7.64. The van der Waals surface area contributed by atoms with Crippen LogP contribution >= 0.6 is 0 Å².